The number of rotatable bonds is 1. The SMILES string of the molecule is CN(C)C12CC3CC(C1)N(C(C)(C)C)C(C3)C2. The van der Waals surface area contributed by atoms with Gasteiger partial charge >= 0.3 is 0 Å². The Kier molecular flexibility index (Phi) is 2.45. The van der Waals surface area contributed by atoms with Crippen molar-refractivity contribution in [1.82, 2.24) is 9.80 Å². The molecule has 2 heteroatoms. The summed E-state index contributed by atoms with van der Waals surface area (Å²) < 4.78 is 0. The highest BCUT2D eigenvalue weighted by molar-refractivity contribution is 5.13. The maximum Gasteiger partial charge on any atom is 0.0235 e. The Balaban J connectivity index is 1.91. The second-order valence-corrected chi connectivity index (χ2v) is 7.95. The molecular formula is C15H28N2. The van der Waals surface area contributed by atoms with Crippen molar-refractivity contribution in [3.05, 3.63) is 0 Å². The minimum absolute atomic E-state index is 0.357. The van der Waals surface area contributed by atoms with Gasteiger partial charge in [-0.05, 0) is 72.9 Å². The lowest BCUT2D eigenvalue weighted by Gasteiger charge is -2.66. The van der Waals surface area contributed by atoms with Crippen LogP contribution in [0.5, 0.6) is 0 Å². The molecule has 2 unspecified atom stereocenters. The van der Waals surface area contributed by atoms with Crippen molar-refractivity contribution in [2.24, 2.45) is 5.92 Å². The maximum absolute atomic E-state index is 2.85. The average molecular weight is 236 g/mol. The van der Waals surface area contributed by atoms with Crippen molar-refractivity contribution in [1.29, 1.82) is 0 Å². The molecule has 2 heterocycles. The second kappa shape index (κ2) is 3.48. The van der Waals surface area contributed by atoms with Gasteiger partial charge < -0.3 is 4.90 Å². The quantitative estimate of drug-likeness (QED) is 0.691. The fourth-order valence-electron chi connectivity index (χ4n) is 5.23. The van der Waals surface area contributed by atoms with E-state index in [9.17, 15) is 0 Å². The Morgan fingerprint density at radius 2 is 1.53 bits per heavy atom. The highest BCUT2D eigenvalue weighted by Gasteiger charge is 2.57. The molecule has 0 spiro atoms. The van der Waals surface area contributed by atoms with E-state index >= 15 is 0 Å². The van der Waals surface area contributed by atoms with Gasteiger partial charge in [0.25, 0.3) is 0 Å². The highest BCUT2D eigenvalue weighted by Crippen LogP contribution is 2.54. The van der Waals surface area contributed by atoms with Crippen LogP contribution in [0, 0.1) is 5.92 Å². The normalized spacial score (nSPS) is 45.9. The Morgan fingerprint density at radius 1 is 1.00 bits per heavy atom. The van der Waals surface area contributed by atoms with Crippen molar-refractivity contribution < 1.29 is 0 Å². The molecule has 0 aromatic heterocycles. The monoisotopic (exact) mass is 236 g/mol. The average Bonchev–Trinajstić information content (AvgIpc) is 2.12. The molecule has 2 atom stereocenters. The summed E-state index contributed by atoms with van der Waals surface area (Å²) in [6.07, 6.45) is 7.20. The van der Waals surface area contributed by atoms with E-state index in [0.717, 1.165) is 18.0 Å². The zero-order chi connectivity index (χ0) is 12.4. The standard InChI is InChI=1S/C15H28N2/c1-14(2,3)17-12-6-11-7-13(17)10-15(8-11,9-12)16(4)5/h11-13H,6-10H2,1-5H3. The summed E-state index contributed by atoms with van der Waals surface area (Å²) in [6.45, 7) is 7.20. The smallest absolute Gasteiger partial charge is 0.0235 e. The summed E-state index contributed by atoms with van der Waals surface area (Å²) in [5.74, 6) is 1.01. The molecule has 98 valence electrons. The van der Waals surface area contributed by atoms with E-state index in [4.69, 9.17) is 0 Å². The van der Waals surface area contributed by atoms with Crippen molar-refractivity contribution >= 4 is 0 Å². The predicted octanol–water partition coefficient (Wildman–Crippen LogP) is 2.73. The van der Waals surface area contributed by atoms with Gasteiger partial charge in [-0.25, -0.2) is 0 Å². The zero-order valence-electron chi connectivity index (χ0n) is 12.2. The third kappa shape index (κ3) is 1.67. The van der Waals surface area contributed by atoms with Gasteiger partial charge in [0.2, 0.25) is 0 Å². The van der Waals surface area contributed by atoms with Gasteiger partial charge in [-0.3, -0.25) is 4.90 Å². The fraction of sp³-hybridized carbons (Fsp3) is 1.00. The molecule has 0 amide bonds. The van der Waals surface area contributed by atoms with Crippen LogP contribution < -0.4 is 0 Å². The Hall–Kier alpha value is -0.0800. The molecule has 0 aromatic carbocycles. The number of hydrogen-bond donors (Lipinski definition) is 0. The molecule has 4 rings (SSSR count). The zero-order valence-corrected chi connectivity index (χ0v) is 12.2. The lowest BCUT2D eigenvalue weighted by molar-refractivity contribution is -0.146. The first-order chi connectivity index (χ1) is 7.82. The minimum atomic E-state index is 0.357. The molecule has 2 saturated heterocycles. The first-order valence-electron chi connectivity index (χ1n) is 7.28. The lowest BCUT2D eigenvalue weighted by atomic mass is 9.58. The van der Waals surface area contributed by atoms with Crippen LogP contribution in [0.15, 0.2) is 0 Å². The molecule has 0 aromatic rings. The molecule has 17 heavy (non-hydrogen) atoms. The molecule has 4 fully saturated rings. The number of hydrogen-bond acceptors (Lipinski definition) is 2. The summed E-state index contributed by atoms with van der Waals surface area (Å²) in [5, 5.41) is 0. The summed E-state index contributed by atoms with van der Waals surface area (Å²) in [5.41, 5.74) is 0.897. The van der Waals surface area contributed by atoms with Gasteiger partial charge in [-0.2, -0.15) is 0 Å². The third-order valence-electron chi connectivity index (χ3n) is 5.62. The van der Waals surface area contributed by atoms with E-state index < -0.39 is 0 Å². The Labute approximate surface area is 106 Å². The molecule has 2 nitrogen and oxygen atoms in total. The van der Waals surface area contributed by atoms with Gasteiger partial charge in [0.05, 0.1) is 0 Å². The van der Waals surface area contributed by atoms with E-state index in [-0.39, 0.29) is 0 Å². The van der Waals surface area contributed by atoms with Crippen molar-refractivity contribution in [3.8, 4) is 0 Å². The first kappa shape index (κ1) is 12.0. The molecule has 4 bridgehead atoms. The van der Waals surface area contributed by atoms with E-state index in [1.54, 1.807) is 0 Å². The molecular weight excluding hydrogens is 208 g/mol. The Morgan fingerprint density at radius 3 is 1.94 bits per heavy atom. The summed E-state index contributed by atoms with van der Waals surface area (Å²) in [7, 11) is 4.60. The van der Waals surface area contributed by atoms with Gasteiger partial charge in [0.15, 0.2) is 0 Å². The number of piperidine rings is 2. The molecule has 0 radical (unpaired) electrons. The predicted molar refractivity (Wildman–Crippen MR) is 72.2 cm³/mol. The van der Waals surface area contributed by atoms with Crippen LogP contribution in [0.3, 0.4) is 0 Å². The lowest BCUT2D eigenvalue weighted by Crippen LogP contribution is -2.71. The van der Waals surface area contributed by atoms with Gasteiger partial charge in [-0.1, -0.05) is 0 Å². The van der Waals surface area contributed by atoms with E-state index in [1.165, 1.54) is 32.1 Å². The topological polar surface area (TPSA) is 6.48 Å². The van der Waals surface area contributed by atoms with Crippen LogP contribution in [-0.4, -0.2) is 47.1 Å². The Bertz CT molecular complexity index is 299. The molecule has 2 aliphatic heterocycles. The first-order valence-corrected chi connectivity index (χ1v) is 7.28. The fourth-order valence-corrected chi connectivity index (χ4v) is 5.23. The van der Waals surface area contributed by atoms with Crippen LogP contribution in [0.2, 0.25) is 0 Å². The van der Waals surface area contributed by atoms with Gasteiger partial charge in [0.1, 0.15) is 0 Å². The van der Waals surface area contributed by atoms with E-state index in [0.29, 0.717) is 11.1 Å². The van der Waals surface area contributed by atoms with Crippen molar-refractivity contribution in [2.75, 3.05) is 14.1 Å². The van der Waals surface area contributed by atoms with Crippen molar-refractivity contribution in [2.45, 2.75) is 76.0 Å². The van der Waals surface area contributed by atoms with E-state index in [1.807, 2.05) is 0 Å². The van der Waals surface area contributed by atoms with Gasteiger partial charge in [-0.15, -0.1) is 0 Å². The number of nitrogens with zero attached hydrogens (tertiary/aromatic N) is 2. The minimum Gasteiger partial charge on any atom is -0.304 e. The summed E-state index contributed by atoms with van der Waals surface area (Å²) in [6, 6.07) is 1.70. The largest absolute Gasteiger partial charge is 0.304 e. The summed E-state index contributed by atoms with van der Waals surface area (Å²) >= 11 is 0. The second-order valence-electron chi connectivity index (χ2n) is 7.95. The summed E-state index contributed by atoms with van der Waals surface area (Å²) in [4.78, 5) is 5.39. The van der Waals surface area contributed by atoms with Crippen LogP contribution in [-0.2, 0) is 0 Å². The van der Waals surface area contributed by atoms with Crippen LogP contribution in [0.25, 0.3) is 0 Å². The van der Waals surface area contributed by atoms with Crippen LogP contribution >= 0.6 is 0 Å². The maximum atomic E-state index is 2.85. The van der Waals surface area contributed by atoms with Crippen LogP contribution in [0.4, 0.5) is 0 Å². The molecule has 0 N–H and O–H groups in total. The molecule has 4 aliphatic rings. The molecule has 2 aliphatic carbocycles. The van der Waals surface area contributed by atoms with E-state index in [2.05, 4.69) is 44.7 Å². The third-order valence-corrected chi connectivity index (χ3v) is 5.62. The molecule has 2 saturated carbocycles. The highest BCUT2D eigenvalue weighted by atomic mass is 15.3. The van der Waals surface area contributed by atoms with Crippen molar-refractivity contribution in [3.63, 3.8) is 0 Å². The van der Waals surface area contributed by atoms with Gasteiger partial charge in [0, 0.05) is 23.2 Å². The van der Waals surface area contributed by atoms with Crippen LogP contribution in [0.1, 0.15) is 52.9 Å².